The van der Waals surface area contributed by atoms with Crippen molar-refractivity contribution in [1.82, 2.24) is 0 Å². The van der Waals surface area contributed by atoms with Gasteiger partial charge in [-0.15, -0.1) is 0 Å². The first-order valence-corrected chi connectivity index (χ1v) is 3.94. The topological polar surface area (TPSA) is 35.2 Å². The highest BCUT2D eigenvalue weighted by atomic mass is 16.5. The largest absolute Gasteiger partial charge is 0.381 e. The molecule has 1 atom stereocenters. The van der Waals surface area contributed by atoms with Gasteiger partial charge in [0.05, 0.1) is 6.61 Å². The molecule has 1 rings (SSSR count). The van der Waals surface area contributed by atoms with Crippen LogP contribution in [0.5, 0.6) is 0 Å². The molecule has 10 heavy (non-hydrogen) atoms. The van der Waals surface area contributed by atoms with Crippen LogP contribution in [0.4, 0.5) is 0 Å². The maximum Gasteiger partial charge on any atom is 0.0500 e. The van der Waals surface area contributed by atoms with Gasteiger partial charge in [-0.3, -0.25) is 0 Å². The van der Waals surface area contributed by atoms with Crippen molar-refractivity contribution >= 4 is 0 Å². The van der Waals surface area contributed by atoms with Crippen LogP contribution in [-0.2, 0) is 4.74 Å². The highest BCUT2D eigenvalue weighted by Gasteiger charge is 2.30. The predicted octanol–water partition coefficient (Wildman–Crippen LogP) is 1.01. The molecule has 0 saturated carbocycles. The lowest BCUT2D eigenvalue weighted by atomic mass is 9.78. The lowest BCUT2D eigenvalue weighted by Gasteiger charge is -2.28. The van der Waals surface area contributed by atoms with Gasteiger partial charge in [0.15, 0.2) is 0 Å². The fourth-order valence-electron chi connectivity index (χ4n) is 1.32. The molecule has 0 amide bonds. The van der Waals surface area contributed by atoms with E-state index in [-0.39, 0.29) is 5.41 Å². The molecule has 1 aliphatic rings. The van der Waals surface area contributed by atoms with Gasteiger partial charge in [-0.05, 0) is 24.3 Å². The molecule has 0 aliphatic carbocycles. The minimum absolute atomic E-state index is 0.274. The molecule has 0 aromatic heterocycles. The summed E-state index contributed by atoms with van der Waals surface area (Å²) in [4.78, 5) is 0. The van der Waals surface area contributed by atoms with Crippen molar-refractivity contribution in [3.05, 3.63) is 0 Å². The van der Waals surface area contributed by atoms with E-state index in [1.54, 1.807) is 0 Å². The monoisotopic (exact) mass is 143 g/mol. The number of nitrogens with two attached hydrogens (primary N) is 1. The molecule has 0 unspecified atom stereocenters. The summed E-state index contributed by atoms with van der Waals surface area (Å²) in [6, 6.07) is 0. The minimum atomic E-state index is 0.274. The molecule has 0 bridgehead atoms. The maximum absolute atomic E-state index is 5.63. The number of hydrogen-bond donors (Lipinski definition) is 1. The van der Waals surface area contributed by atoms with Crippen LogP contribution in [0.15, 0.2) is 0 Å². The molecule has 2 N–H and O–H groups in total. The minimum Gasteiger partial charge on any atom is -0.381 e. The Labute approximate surface area is 62.7 Å². The van der Waals surface area contributed by atoms with Crippen molar-refractivity contribution in [2.75, 3.05) is 19.8 Å². The second-order valence-corrected chi connectivity index (χ2v) is 3.75. The zero-order valence-electron chi connectivity index (χ0n) is 6.89. The van der Waals surface area contributed by atoms with Gasteiger partial charge in [0.2, 0.25) is 0 Å². The molecule has 2 heteroatoms. The second kappa shape index (κ2) is 2.89. The van der Waals surface area contributed by atoms with E-state index >= 15 is 0 Å². The van der Waals surface area contributed by atoms with Crippen molar-refractivity contribution in [3.63, 3.8) is 0 Å². The third kappa shape index (κ3) is 1.50. The Morgan fingerprint density at radius 3 is 2.70 bits per heavy atom. The van der Waals surface area contributed by atoms with Crippen molar-refractivity contribution in [3.8, 4) is 0 Å². The average molecular weight is 143 g/mol. The SMILES string of the molecule is CC(C)(CN)[C@H]1CCOC1. The lowest BCUT2D eigenvalue weighted by molar-refractivity contribution is 0.147. The van der Waals surface area contributed by atoms with Gasteiger partial charge in [-0.1, -0.05) is 13.8 Å². The summed E-state index contributed by atoms with van der Waals surface area (Å²) in [5.41, 5.74) is 5.90. The molecule has 2 nitrogen and oxygen atoms in total. The molecule has 1 fully saturated rings. The summed E-state index contributed by atoms with van der Waals surface area (Å²) in [7, 11) is 0. The maximum atomic E-state index is 5.63. The molecule has 1 saturated heterocycles. The zero-order chi connectivity index (χ0) is 7.61. The molecular formula is C8H17NO. The van der Waals surface area contributed by atoms with Gasteiger partial charge in [-0.25, -0.2) is 0 Å². The Balaban J connectivity index is 2.45. The summed E-state index contributed by atoms with van der Waals surface area (Å²) in [6.07, 6.45) is 1.18. The van der Waals surface area contributed by atoms with Gasteiger partial charge >= 0.3 is 0 Å². The van der Waals surface area contributed by atoms with E-state index in [1.807, 2.05) is 0 Å². The molecule has 60 valence electrons. The first-order chi connectivity index (χ1) is 4.67. The normalized spacial score (nSPS) is 27.3. The van der Waals surface area contributed by atoms with Crippen LogP contribution >= 0.6 is 0 Å². The average Bonchev–Trinajstić information content (AvgIpc) is 2.38. The van der Waals surface area contributed by atoms with E-state index in [1.165, 1.54) is 6.42 Å². The van der Waals surface area contributed by atoms with Crippen LogP contribution in [0.2, 0.25) is 0 Å². The van der Waals surface area contributed by atoms with Gasteiger partial charge in [-0.2, -0.15) is 0 Å². The van der Waals surface area contributed by atoms with Gasteiger partial charge in [0.25, 0.3) is 0 Å². The fraction of sp³-hybridized carbons (Fsp3) is 1.00. The number of hydrogen-bond acceptors (Lipinski definition) is 2. The van der Waals surface area contributed by atoms with Crippen LogP contribution in [0.3, 0.4) is 0 Å². The molecule has 0 spiro atoms. The summed E-state index contributed by atoms with van der Waals surface area (Å²) in [5, 5.41) is 0. The van der Waals surface area contributed by atoms with Gasteiger partial charge in [0.1, 0.15) is 0 Å². The quantitative estimate of drug-likeness (QED) is 0.626. The highest BCUT2D eigenvalue weighted by molar-refractivity contribution is 4.81. The van der Waals surface area contributed by atoms with E-state index in [9.17, 15) is 0 Å². The third-order valence-corrected chi connectivity index (χ3v) is 2.56. The summed E-state index contributed by atoms with van der Waals surface area (Å²) < 4.78 is 5.29. The van der Waals surface area contributed by atoms with E-state index in [0.29, 0.717) is 5.92 Å². The van der Waals surface area contributed by atoms with Crippen molar-refractivity contribution in [2.45, 2.75) is 20.3 Å². The van der Waals surface area contributed by atoms with Crippen LogP contribution in [0.1, 0.15) is 20.3 Å². The van der Waals surface area contributed by atoms with Crippen molar-refractivity contribution < 1.29 is 4.74 Å². The van der Waals surface area contributed by atoms with Crippen LogP contribution in [-0.4, -0.2) is 19.8 Å². The molecule has 0 aromatic carbocycles. The smallest absolute Gasteiger partial charge is 0.0500 e. The number of rotatable bonds is 2. The van der Waals surface area contributed by atoms with Crippen molar-refractivity contribution in [2.24, 2.45) is 17.1 Å². The Morgan fingerprint density at radius 2 is 2.30 bits per heavy atom. The first kappa shape index (κ1) is 8.02. The zero-order valence-corrected chi connectivity index (χ0v) is 6.89. The second-order valence-electron chi connectivity index (χ2n) is 3.75. The number of ether oxygens (including phenoxy) is 1. The summed E-state index contributed by atoms with van der Waals surface area (Å²) >= 11 is 0. The Bertz CT molecular complexity index is 106. The molecular weight excluding hydrogens is 126 g/mol. The Kier molecular flexibility index (Phi) is 2.32. The van der Waals surface area contributed by atoms with E-state index in [0.717, 1.165) is 19.8 Å². The Morgan fingerprint density at radius 1 is 1.60 bits per heavy atom. The van der Waals surface area contributed by atoms with Crippen LogP contribution < -0.4 is 5.73 Å². The predicted molar refractivity (Wildman–Crippen MR) is 41.8 cm³/mol. The van der Waals surface area contributed by atoms with E-state index in [4.69, 9.17) is 10.5 Å². The standard InChI is InChI=1S/C8H17NO/c1-8(2,6-9)7-3-4-10-5-7/h7H,3-6,9H2,1-2H3/t7-/m0/s1. The van der Waals surface area contributed by atoms with Crippen molar-refractivity contribution in [1.29, 1.82) is 0 Å². The molecule has 1 heterocycles. The van der Waals surface area contributed by atoms with E-state index in [2.05, 4.69) is 13.8 Å². The third-order valence-electron chi connectivity index (χ3n) is 2.56. The van der Waals surface area contributed by atoms with Crippen LogP contribution in [0, 0.1) is 11.3 Å². The lowest BCUT2D eigenvalue weighted by Crippen LogP contribution is -2.32. The molecule has 0 aromatic rings. The highest BCUT2D eigenvalue weighted by Crippen LogP contribution is 2.31. The summed E-state index contributed by atoms with van der Waals surface area (Å²) in [5.74, 6) is 0.678. The van der Waals surface area contributed by atoms with Crippen LogP contribution in [0.25, 0.3) is 0 Å². The summed E-state index contributed by atoms with van der Waals surface area (Å²) in [6.45, 7) is 7.03. The van der Waals surface area contributed by atoms with Gasteiger partial charge in [0, 0.05) is 6.61 Å². The molecule has 0 radical (unpaired) electrons. The van der Waals surface area contributed by atoms with Gasteiger partial charge < -0.3 is 10.5 Å². The molecule has 1 aliphatic heterocycles. The first-order valence-electron chi connectivity index (χ1n) is 3.94. The van der Waals surface area contributed by atoms with E-state index < -0.39 is 0 Å². The fourth-order valence-corrected chi connectivity index (χ4v) is 1.32. The Hall–Kier alpha value is -0.0800.